The molecule has 1 amide bonds. The first-order chi connectivity index (χ1) is 14.5. The van der Waals surface area contributed by atoms with Crippen LogP contribution in [0.5, 0.6) is 0 Å². The van der Waals surface area contributed by atoms with E-state index >= 15 is 0 Å². The summed E-state index contributed by atoms with van der Waals surface area (Å²) < 4.78 is 25.3. The van der Waals surface area contributed by atoms with Crippen molar-refractivity contribution < 1.29 is 18.3 Å². The lowest BCUT2D eigenvalue weighted by Gasteiger charge is -2.29. The number of hydrogen-bond donors (Lipinski definition) is 2. The zero-order chi connectivity index (χ0) is 22.4. The molecular weight excluding hydrogens is 418 g/mol. The van der Waals surface area contributed by atoms with Crippen LogP contribution in [-0.4, -0.2) is 58.6 Å². The molecule has 2 aromatic heterocycles. The molecule has 1 fully saturated rings. The van der Waals surface area contributed by atoms with Gasteiger partial charge in [-0.2, -0.15) is 9.61 Å². The van der Waals surface area contributed by atoms with Crippen molar-refractivity contribution in [3.8, 4) is 0 Å². The number of carbonyl (C=O) groups is 1. The van der Waals surface area contributed by atoms with Crippen molar-refractivity contribution in [2.45, 2.75) is 26.4 Å². The van der Waals surface area contributed by atoms with Crippen LogP contribution in [0.2, 0.25) is 0 Å². The number of rotatable bonds is 4. The monoisotopic (exact) mass is 443 g/mol. The highest BCUT2D eigenvalue weighted by Crippen LogP contribution is 2.24. The maximum Gasteiger partial charge on any atom is 0.256 e. The quantitative estimate of drug-likeness (QED) is 0.631. The molecule has 0 bridgehead atoms. The van der Waals surface area contributed by atoms with Crippen molar-refractivity contribution in [2.75, 3.05) is 34.8 Å². The number of sulfone groups is 1. The number of aryl methyl sites for hydroxylation is 1. The molecule has 1 aliphatic rings. The van der Waals surface area contributed by atoms with Crippen molar-refractivity contribution >= 4 is 33.0 Å². The fourth-order valence-electron chi connectivity index (χ4n) is 3.52. The van der Waals surface area contributed by atoms with Gasteiger partial charge in [-0.3, -0.25) is 4.79 Å². The van der Waals surface area contributed by atoms with Gasteiger partial charge in [0.2, 0.25) is 0 Å². The largest absolute Gasteiger partial charge is 0.386 e. The van der Waals surface area contributed by atoms with Gasteiger partial charge in [0.05, 0.1) is 22.8 Å². The summed E-state index contributed by atoms with van der Waals surface area (Å²) in [5, 5.41) is 17.4. The molecule has 9 nitrogen and oxygen atoms in total. The average Bonchev–Trinajstić information content (AvgIpc) is 3.07. The van der Waals surface area contributed by atoms with Gasteiger partial charge in [0, 0.05) is 30.8 Å². The number of aromatic nitrogens is 3. The molecule has 3 heterocycles. The predicted molar refractivity (Wildman–Crippen MR) is 118 cm³/mol. The first-order valence-electron chi connectivity index (χ1n) is 9.99. The second-order valence-electron chi connectivity index (χ2n) is 8.28. The predicted octanol–water partition coefficient (Wildman–Crippen LogP) is 1.75. The summed E-state index contributed by atoms with van der Waals surface area (Å²) in [6, 6.07) is 10.2. The summed E-state index contributed by atoms with van der Waals surface area (Å²) >= 11 is 0. The molecule has 4 rings (SSSR count). The fourth-order valence-corrected chi connectivity index (χ4v) is 4.72. The molecule has 2 N–H and O–H groups in total. The Morgan fingerprint density at radius 1 is 1.13 bits per heavy atom. The zero-order valence-corrected chi connectivity index (χ0v) is 18.5. The number of amides is 1. The minimum atomic E-state index is -3.03. The van der Waals surface area contributed by atoms with E-state index in [-0.39, 0.29) is 17.4 Å². The van der Waals surface area contributed by atoms with E-state index in [9.17, 15) is 18.3 Å². The van der Waals surface area contributed by atoms with Crippen molar-refractivity contribution in [1.29, 1.82) is 0 Å². The van der Waals surface area contributed by atoms with E-state index in [1.54, 1.807) is 54.8 Å². The van der Waals surface area contributed by atoms with Crippen molar-refractivity contribution in [3.63, 3.8) is 0 Å². The van der Waals surface area contributed by atoms with E-state index in [0.717, 1.165) is 5.69 Å². The standard InChI is InChI=1S/C21H25N5O4S/c1-14-12-18-22-17(23-20(27)15-4-6-16(7-5-15)21(2,3)28)13-19(26(18)24-14)25-8-10-31(29,30)11-9-25/h4-7,12-13,28H,8-11H2,1-3H3,(H,22,23,27). The molecule has 10 heteroatoms. The summed E-state index contributed by atoms with van der Waals surface area (Å²) in [4.78, 5) is 19.2. The van der Waals surface area contributed by atoms with Crippen molar-refractivity contribution in [1.82, 2.24) is 14.6 Å². The fraction of sp³-hybridized carbons (Fsp3) is 0.381. The van der Waals surface area contributed by atoms with Crippen molar-refractivity contribution in [3.05, 3.63) is 53.2 Å². The third-order valence-corrected chi connectivity index (χ3v) is 6.90. The van der Waals surface area contributed by atoms with E-state index in [1.807, 2.05) is 11.8 Å². The minimum Gasteiger partial charge on any atom is -0.386 e. The van der Waals surface area contributed by atoms with Gasteiger partial charge in [0.1, 0.15) is 11.6 Å². The van der Waals surface area contributed by atoms with Crippen LogP contribution in [0.4, 0.5) is 11.6 Å². The van der Waals surface area contributed by atoms with Crippen LogP contribution in [0.25, 0.3) is 5.65 Å². The Hall–Kier alpha value is -2.98. The first-order valence-corrected chi connectivity index (χ1v) is 11.8. The van der Waals surface area contributed by atoms with Gasteiger partial charge in [-0.1, -0.05) is 12.1 Å². The number of aliphatic hydroxyl groups is 1. The molecule has 1 aromatic carbocycles. The van der Waals surface area contributed by atoms with Gasteiger partial charge >= 0.3 is 0 Å². The highest BCUT2D eigenvalue weighted by Gasteiger charge is 2.25. The van der Waals surface area contributed by atoms with Crippen LogP contribution in [0, 0.1) is 6.92 Å². The van der Waals surface area contributed by atoms with Gasteiger partial charge in [0.15, 0.2) is 15.5 Å². The molecule has 0 aliphatic carbocycles. The third kappa shape index (κ3) is 4.54. The molecule has 0 spiro atoms. The minimum absolute atomic E-state index is 0.0757. The molecule has 3 aromatic rings. The molecule has 0 radical (unpaired) electrons. The Balaban J connectivity index is 1.63. The van der Waals surface area contributed by atoms with Crippen LogP contribution < -0.4 is 10.2 Å². The number of hydrogen-bond acceptors (Lipinski definition) is 7. The van der Waals surface area contributed by atoms with Gasteiger partial charge < -0.3 is 15.3 Å². The van der Waals surface area contributed by atoms with E-state index in [4.69, 9.17) is 0 Å². The summed E-state index contributed by atoms with van der Waals surface area (Å²) in [6.45, 7) is 5.92. The lowest BCUT2D eigenvalue weighted by Crippen LogP contribution is -2.41. The number of fused-ring (bicyclic) bond motifs is 1. The van der Waals surface area contributed by atoms with Gasteiger partial charge in [0.25, 0.3) is 5.91 Å². The molecule has 0 unspecified atom stereocenters. The van der Waals surface area contributed by atoms with Crippen molar-refractivity contribution in [2.24, 2.45) is 0 Å². The SMILES string of the molecule is Cc1cc2nc(NC(=O)c3ccc(C(C)(C)O)cc3)cc(N3CCS(=O)(=O)CC3)n2n1. The third-order valence-electron chi connectivity index (χ3n) is 5.29. The molecule has 31 heavy (non-hydrogen) atoms. The van der Waals surface area contributed by atoms with Gasteiger partial charge in [-0.25, -0.2) is 13.4 Å². The number of anilines is 2. The molecule has 1 saturated heterocycles. The average molecular weight is 444 g/mol. The lowest BCUT2D eigenvalue weighted by molar-refractivity contribution is 0.0785. The summed E-state index contributed by atoms with van der Waals surface area (Å²) in [6.07, 6.45) is 0. The molecule has 164 valence electrons. The van der Waals surface area contributed by atoms with Gasteiger partial charge in [-0.05, 0) is 38.5 Å². The summed E-state index contributed by atoms with van der Waals surface area (Å²) in [5.74, 6) is 0.856. The maximum absolute atomic E-state index is 12.8. The molecule has 0 saturated carbocycles. The van der Waals surface area contributed by atoms with Crippen LogP contribution in [0.15, 0.2) is 36.4 Å². The summed E-state index contributed by atoms with van der Waals surface area (Å²) in [5.41, 5.74) is 1.49. The second-order valence-corrected chi connectivity index (χ2v) is 10.6. The second kappa shape index (κ2) is 7.61. The van der Waals surface area contributed by atoms with E-state index in [1.165, 1.54) is 0 Å². The summed E-state index contributed by atoms with van der Waals surface area (Å²) in [7, 11) is -3.03. The lowest BCUT2D eigenvalue weighted by atomic mass is 9.97. The van der Waals surface area contributed by atoms with E-state index in [2.05, 4.69) is 15.4 Å². The number of nitrogens with one attached hydrogen (secondary N) is 1. The highest BCUT2D eigenvalue weighted by atomic mass is 32.2. The topological polar surface area (TPSA) is 117 Å². The first kappa shape index (κ1) is 21.3. The Kier molecular flexibility index (Phi) is 5.22. The number of carbonyl (C=O) groups excluding carboxylic acids is 1. The smallest absolute Gasteiger partial charge is 0.256 e. The van der Waals surface area contributed by atoms with Crippen LogP contribution >= 0.6 is 0 Å². The Labute approximate surface area is 180 Å². The number of nitrogens with zero attached hydrogens (tertiary/aromatic N) is 4. The van der Waals surface area contributed by atoms with E-state index < -0.39 is 15.4 Å². The van der Waals surface area contributed by atoms with E-state index in [0.29, 0.717) is 41.5 Å². The number of benzene rings is 1. The Morgan fingerprint density at radius 3 is 2.39 bits per heavy atom. The zero-order valence-electron chi connectivity index (χ0n) is 17.7. The van der Waals surface area contributed by atoms with Crippen LogP contribution in [0.3, 0.4) is 0 Å². The Bertz CT molecular complexity index is 1230. The van der Waals surface area contributed by atoms with Crippen LogP contribution in [0.1, 0.15) is 35.5 Å². The molecular formula is C21H25N5O4S. The molecule has 0 atom stereocenters. The maximum atomic E-state index is 12.8. The Morgan fingerprint density at radius 2 is 1.77 bits per heavy atom. The molecule has 1 aliphatic heterocycles. The highest BCUT2D eigenvalue weighted by molar-refractivity contribution is 7.91. The normalized spacial score (nSPS) is 16.5. The van der Waals surface area contributed by atoms with Gasteiger partial charge in [-0.15, -0.1) is 0 Å². The van der Waals surface area contributed by atoms with Crippen LogP contribution in [-0.2, 0) is 15.4 Å².